The minimum Gasteiger partial charge on any atom is -0.394 e. The van der Waals surface area contributed by atoms with E-state index in [0.29, 0.717) is 0 Å². The molecule has 2 nitrogen and oxygen atoms in total. The quantitative estimate of drug-likeness (QED) is 0.670. The van der Waals surface area contributed by atoms with Gasteiger partial charge in [0.2, 0.25) is 0 Å². The molecule has 2 aliphatic carbocycles. The van der Waals surface area contributed by atoms with E-state index in [2.05, 4.69) is 48.6 Å². The van der Waals surface area contributed by atoms with E-state index >= 15 is 0 Å². The lowest BCUT2D eigenvalue weighted by Gasteiger charge is -1.70. The second-order valence-electron chi connectivity index (χ2n) is 2.63. The van der Waals surface area contributed by atoms with Crippen LogP contribution in [-0.4, -0.2) is 23.4 Å². The van der Waals surface area contributed by atoms with Crippen LogP contribution in [0.25, 0.3) is 0 Å². The van der Waals surface area contributed by atoms with E-state index in [4.69, 9.17) is 10.2 Å². The third kappa shape index (κ3) is 10.9. The minimum atomic E-state index is -0.125. The zero-order valence-corrected chi connectivity index (χ0v) is 8.34. The molecule has 14 heavy (non-hydrogen) atoms. The van der Waals surface area contributed by atoms with Gasteiger partial charge < -0.3 is 10.2 Å². The molecule has 0 aromatic carbocycles. The van der Waals surface area contributed by atoms with Crippen LogP contribution in [0.5, 0.6) is 0 Å². The van der Waals surface area contributed by atoms with Crippen molar-refractivity contribution in [3.63, 3.8) is 0 Å². The van der Waals surface area contributed by atoms with Crippen LogP contribution in [0.4, 0.5) is 0 Å². The highest BCUT2D eigenvalue weighted by atomic mass is 16.3. The summed E-state index contributed by atoms with van der Waals surface area (Å²) in [7, 11) is 0. The van der Waals surface area contributed by atoms with Gasteiger partial charge in [-0.3, -0.25) is 0 Å². The predicted molar refractivity (Wildman–Crippen MR) is 60.0 cm³/mol. The molecule has 2 heteroatoms. The number of allylic oxidation sites excluding steroid dienone is 8. The zero-order valence-electron chi connectivity index (χ0n) is 8.34. The van der Waals surface area contributed by atoms with Crippen LogP contribution in [0.1, 0.15) is 12.8 Å². The van der Waals surface area contributed by atoms with Crippen molar-refractivity contribution in [1.29, 1.82) is 0 Å². The molecule has 0 bridgehead atoms. The molecule has 0 fully saturated rings. The van der Waals surface area contributed by atoms with Crippen molar-refractivity contribution in [3.8, 4) is 0 Å². The van der Waals surface area contributed by atoms with Gasteiger partial charge in [-0.25, -0.2) is 0 Å². The first-order chi connectivity index (χ1) is 6.91. The lowest BCUT2D eigenvalue weighted by Crippen LogP contribution is -1.85. The van der Waals surface area contributed by atoms with Crippen molar-refractivity contribution >= 4 is 0 Å². The number of aliphatic hydroxyl groups excluding tert-OH is 2. The van der Waals surface area contributed by atoms with Gasteiger partial charge in [-0.2, -0.15) is 0 Å². The largest absolute Gasteiger partial charge is 0.394 e. The van der Waals surface area contributed by atoms with Gasteiger partial charge in [0, 0.05) is 0 Å². The Balaban J connectivity index is 0.000000183. The Morgan fingerprint density at radius 1 is 0.643 bits per heavy atom. The van der Waals surface area contributed by atoms with Gasteiger partial charge in [0.05, 0.1) is 13.2 Å². The summed E-state index contributed by atoms with van der Waals surface area (Å²) in [6.45, 7) is -0.250. The first kappa shape index (κ1) is 12.9. The van der Waals surface area contributed by atoms with Crippen LogP contribution in [0.15, 0.2) is 48.6 Å². The third-order valence-corrected chi connectivity index (χ3v) is 1.41. The predicted octanol–water partition coefficient (Wildman–Crippen LogP) is 1.98. The van der Waals surface area contributed by atoms with E-state index in [1.54, 1.807) is 0 Å². The van der Waals surface area contributed by atoms with Crippen LogP contribution in [0.2, 0.25) is 0 Å². The van der Waals surface area contributed by atoms with Crippen LogP contribution >= 0.6 is 0 Å². The molecular weight excluding hydrogens is 176 g/mol. The maximum Gasteiger partial charge on any atom is 0.0662 e. The van der Waals surface area contributed by atoms with E-state index in [-0.39, 0.29) is 13.2 Å². The average molecular weight is 194 g/mol. The van der Waals surface area contributed by atoms with Gasteiger partial charge in [0.1, 0.15) is 0 Å². The molecule has 0 heterocycles. The van der Waals surface area contributed by atoms with Crippen molar-refractivity contribution in [2.24, 2.45) is 0 Å². The molecule has 0 atom stereocenters. The van der Waals surface area contributed by atoms with E-state index in [9.17, 15) is 0 Å². The number of hydrogen-bond acceptors (Lipinski definition) is 2. The molecule has 0 amide bonds. The van der Waals surface area contributed by atoms with E-state index in [1.807, 2.05) is 0 Å². The van der Waals surface area contributed by atoms with Crippen molar-refractivity contribution < 1.29 is 10.2 Å². The maximum absolute atomic E-state index is 7.62. The summed E-state index contributed by atoms with van der Waals surface area (Å²) in [5.74, 6) is 0. The van der Waals surface area contributed by atoms with Crippen molar-refractivity contribution in [2.75, 3.05) is 13.2 Å². The Bertz CT molecular complexity index is 168. The minimum absolute atomic E-state index is 0.125. The average Bonchev–Trinajstić information content (AvgIpc) is 2.94. The summed E-state index contributed by atoms with van der Waals surface area (Å²) in [6, 6.07) is 0. The Hall–Kier alpha value is -1.12. The normalized spacial score (nSPS) is 14.7. The molecule has 78 valence electrons. The number of rotatable bonds is 1. The van der Waals surface area contributed by atoms with E-state index < -0.39 is 0 Å². The van der Waals surface area contributed by atoms with Gasteiger partial charge in [-0.1, -0.05) is 48.6 Å². The summed E-state index contributed by atoms with van der Waals surface area (Å²) < 4.78 is 0. The van der Waals surface area contributed by atoms with E-state index in [0.717, 1.165) is 12.8 Å². The molecule has 0 aromatic heterocycles. The topological polar surface area (TPSA) is 40.5 Å². The molecule has 2 rings (SSSR count). The molecule has 0 aromatic rings. The van der Waals surface area contributed by atoms with E-state index in [1.165, 1.54) is 0 Å². The Morgan fingerprint density at radius 3 is 1.00 bits per heavy atom. The maximum atomic E-state index is 7.62. The lowest BCUT2D eigenvalue weighted by atomic mass is 10.5. The van der Waals surface area contributed by atoms with Crippen molar-refractivity contribution in [1.82, 2.24) is 0 Å². The van der Waals surface area contributed by atoms with Crippen molar-refractivity contribution in [2.45, 2.75) is 12.8 Å². The summed E-state index contributed by atoms with van der Waals surface area (Å²) in [6.07, 6.45) is 19.0. The molecule has 2 N–H and O–H groups in total. The molecular formula is C12H18O2. The van der Waals surface area contributed by atoms with Gasteiger partial charge in [0.25, 0.3) is 0 Å². The Morgan fingerprint density at radius 2 is 0.929 bits per heavy atom. The molecule has 0 unspecified atom stereocenters. The summed E-state index contributed by atoms with van der Waals surface area (Å²) in [4.78, 5) is 0. The molecule has 0 aliphatic heterocycles. The Kier molecular flexibility index (Phi) is 10.9. The Labute approximate surface area is 85.6 Å². The van der Waals surface area contributed by atoms with Crippen LogP contribution in [-0.2, 0) is 0 Å². The van der Waals surface area contributed by atoms with Gasteiger partial charge in [0.15, 0.2) is 0 Å². The molecule has 0 radical (unpaired) electrons. The SMILES string of the molecule is C1=CCC=C1.C1=CCC=C1.OCCO. The fraction of sp³-hybridized carbons (Fsp3) is 0.333. The first-order valence-corrected chi connectivity index (χ1v) is 4.77. The highest BCUT2D eigenvalue weighted by Gasteiger charge is 1.72. The first-order valence-electron chi connectivity index (χ1n) is 4.77. The number of hydrogen-bond donors (Lipinski definition) is 2. The van der Waals surface area contributed by atoms with Crippen LogP contribution in [0, 0.1) is 0 Å². The fourth-order valence-electron chi connectivity index (χ4n) is 0.786. The molecule has 0 saturated heterocycles. The van der Waals surface area contributed by atoms with Gasteiger partial charge in [-0.05, 0) is 12.8 Å². The fourth-order valence-corrected chi connectivity index (χ4v) is 0.786. The highest BCUT2D eigenvalue weighted by Crippen LogP contribution is 1.93. The molecule has 0 saturated carbocycles. The third-order valence-electron chi connectivity index (χ3n) is 1.41. The standard InChI is InChI=1S/2C5H6.C2H6O2/c2*1-2-4-5-3-1;3-1-2-4/h2*1-4H,5H2;3-4H,1-2H2. The highest BCUT2D eigenvalue weighted by molar-refractivity contribution is 5.12. The van der Waals surface area contributed by atoms with Gasteiger partial charge >= 0.3 is 0 Å². The lowest BCUT2D eigenvalue weighted by molar-refractivity contribution is 0.186. The summed E-state index contributed by atoms with van der Waals surface area (Å²) in [5.41, 5.74) is 0. The molecule has 2 aliphatic rings. The molecule has 0 spiro atoms. The number of aliphatic hydroxyl groups is 2. The zero-order chi connectivity index (χ0) is 10.5. The van der Waals surface area contributed by atoms with Crippen LogP contribution < -0.4 is 0 Å². The van der Waals surface area contributed by atoms with Crippen molar-refractivity contribution in [3.05, 3.63) is 48.6 Å². The monoisotopic (exact) mass is 194 g/mol. The summed E-state index contributed by atoms with van der Waals surface area (Å²) in [5, 5.41) is 15.2. The van der Waals surface area contributed by atoms with Gasteiger partial charge in [-0.15, -0.1) is 0 Å². The second kappa shape index (κ2) is 11.9. The smallest absolute Gasteiger partial charge is 0.0662 e. The summed E-state index contributed by atoms with van der Waals surface area (Å²) >= 11 is 0. The second-order valence-corrected chi connectivity index (χ2v) is 2.63. The van der Waals surface area contributed by atoms with Crippen LogP contribution in [0.3, 0.4) is 0 Å².